The van der Waals surface area contributed by atoms with Crippen LogP contribution in [0.4, 0.5) is 0 Å². The summed E-state index contributed by atoms with van der Waals surface area (Å²) in [4.78, 5) is 12.1. The van der Waals surface area contributed by atoms with Crippen LogP contribution in [0.3, 0.4) is 0 Å². The van der Waals surface area contributed by atoms with Crippen LogP contribution < -0.4 is 5.32 Å². The van der Waals surface area contributed by atoms with Crippen LogP contribution in [-0.4, -0.2) is 23.2 Å². The van der Waals surface area contributed by atoms with Gasteiger partial charge in [0.15, 0.2) is 0 Å². The Kier molecular flexibility index (Phi) is 5.63. The Balaban J connectivity index is 2.87. The van der Waals surface area contributed by atoms with Crippen LogP contribution in [0.5, 0.6) is 0 Å². The summed E-state index contributed by atoms with van der Waals surface area (Å²) >= 11 is 9.21. The van der Waals surface area contributed by atoms with E-state index in [-0.39, 0.29) is 12.5 Å². The average Bonchev–Trinajstić information content (AvgIpc) is 2.28. The lowest BCUT2D eigenvalue weighted by atomic mass is 9.94. The van der Waals surface area contributed by atoms with Crippen molar-refractivity contribution in [2.24, 2.45) is 0 Å². The predicted octanol–water partition coefficient (Wildman–Crippen LogP) is 3.38. The highest BCUT2D eigenvalue weighted by molar-refractivity contribution is 9.10. The third kappa shape index (κ3) is 4.26. The minimum atomic E-state index is -0.402. The van der Waals surface area contributed by atoms with Crippen LogP contribution in [0.25, 0.3) is 0 Å². The highest BCUT2D eigenvalue weighted by Crippen LogP contribution is 2.21. The Morgan fingerprint density at radius 1 is 1.50 bits per heavy atom. The van der Waals surface area contributed by atoms with Gasteiger partial charge in [0.2, 0.25) is 0 Å². The lowest BCUT2D eigenvalue weighted by Crippen LogP contribution is -2.46. The molecule has 0 aliphatic heterocycles. The maximum Gasteiger partial charge on any atom is 0.251 e. The van der Waals surface area contributed by atoms with E-state index in [0.717, 1.165) is 10.9 Å². The number of aliphatic hydroxyl groups is 1. The molecule has 0 saturated carbocycles. The third-order valence-electron chi connectivity index (χ3n) is 2.98. The van der Waals surface area contributed by atoms with Crippen molar-refractivity contribution in [2.75, 3.05) is 6.61 Å². The number of hydrogen-bond acceptors (Lipinski definition) is 2. The monoisotopic (exact) mass is 333 g/mol. The van der Waals surface area contributed by atoms with E-state index in [1.54, 1.807) is 18.2 Å². The van der Waals surface area contributed by atoms with Crippen LogP contribution in [0, 0.1) is 0 Å². The molecule has 18 heavy (non-hydrogen) atoms. The van der Waals surface area contributed by atoms with Gasteiger partial charge in [-0.1, -0.05) is 34.5 Å². The number of halogens is 2. The van der Waals surface area contributed by atoms with E-state index < -0.39 is 5.54 Å². The zero-order valence-electron chi connectivity index (χ0n) is 10.5. The summed E-state index contributed by atoms with van der Waals surface area (Å²) in [6.07, 6.45) is 1.28. The molecule has 2 N–H and O–H groups in total. The SMILES string of the molecule is CCC(C)(CCO)NC(=O)c1cc(Cl)cc(Br)c1. The first kappa shape index (κ1) is 15.5. The quantitative estimate of drug-likeness (QED) is 0.867. The standard InChI is InChI=1S/C13H17BrClNO2/c1-3-13(2,4-5-17)16-12(18)9-6-10(14)8-11(15)7-9/h6-8,17H,3-5H2,1-2H3,(H,16,18). The van der Waals surface area contributed by atoms with Crippen molar-refractivity contribution >= 4 is 33.4 Å². The van der Waals surface area contributed by atoms with Crippen molar-refractivity contribution in [1.82, 2.24) is 5.32 Å². The maximum atomic E-state index is 12.1. The average molecular weight is 335 g/mol. The fourth-order valence-corrected chi connectivity index (χ4v) is 2.47. The molecule has 0 bridgehead atoms. The molecule has 0 saturated heterocycles. The number of nitrogens with one attached hydrogen (secondary N) is 1. The van der Waals surface area contributed by atoms with Gasteiger partial charge in [-0.05, 0) is 38.0 Å². The molecule has 0 heterocycles. The Bertz CT molecular complexity index is 419. The van der Waals surface area contributed by atoms with Crippen molar-refractivity contribution in [3.8, 4) is 0 Å². The van der Waals surface area contributed by atoms with E-state index in [1.165, 1.54) is 0 Å². The smallest absolute Gasteiger partial charge is 0.251 e. The van der Waals surface area contributed by atoms with E-state index in [9.17, 15) is 4.79 Å². The summed E-state index contributed by atoms with van der Waals surface area (Å²) in [5.74, 6) is -0.184. The summed E-state index contributed by atoms with van der Waals surface area (Å²) in [6.45, 7) is 3.94. The summed E-state index contributed by atoms with van der Waals surface area (Å²) in [5, 5.41) is 12.5. The molecule has 1 aromatic carbocycles. The molecule has 1 atom stereocenters. The summed E-state index contributed by atoms with van der Waals surface area (Å²) in [7, 11) is 0. The number of hydrogen-bond donors (Lipinski definition) is 2. The third-order valence-corrected chi connectivity index (χ3v) is 3.66. The van der Waals surface area contributed by atoms with Crippen molar-refractivity contribution in [3.63, 3.8) is 0 Å². The normalized spacial score (nSPS) is 14.1. The van der Waals surface area contributed by atoms with Gasteiger partial charge in [0, 0.05) is 27.2 Å². The number of aliphatic hydroxyl groups excluding tert-OH is 1. The van der Waals surface area contributed by atoms with Gasteiger partial charge in [0.25, 0.3) is 5.91 Å². The molecule has 0 spiro atoms. The highest BCUT2D eigenvalue weighted by Gasteiger charge is 2.24. The molecule has 1 aromatic rings. The minimum Gasteiger partial charge on any atom is -0.396 e. The lowest BCUT2D eigenvalue weighted by Gasteiger charge is -2.29. The molecular formula is C13H17BrClNO2. The zero-order chi connectivity index (χ0) is 13.8. The van der Waals surface area contributed by atoms with Gasteiger partial charge in [0.05, 0.1) is 0 Å². The van der Waals surface area contributed by atoms with Crippen LogP contribution >= 0.6 is 27.5 Å². The Hall–Kier alpha value is -0.580. The molecule has 100 valence electrons. The molecule has 1 amide bonds. The summed E-state index contributed by atoms with van der Waals surface area (Å²) < 4.78 is 0.764. The van der Waals surface area contributed by atoms with Gasteiger partial charge in [-0.3, -0.25) is 4.79 Å². The van der Waals surface area contributed by atoms with Crippen molar-refractivity contribution in [2.45, 2.75) is 32.2 Å². The second kappa shape index (κ2) is 6.55. The Morgan fingerprint density at radius 3 is 2.67 bits per heavy atom. The minimum absolute atomic E-state index is 0.0455. The van der Waals surface area contributed by atoms with E-state index >= 15 is 0 Å². The second-order valence-corrected chi connectivity index (χ2v) is 5.85. The van der Waals surface area contributed by atoms with Crippen LogP contribution in [0.2, 0.25) is 5.02 Å². The molecule has 0 radical (unpaired) electrons. The molecule has 3 nitrogen and oxygen atoms in total. The first-order chi connectivity index (χ1) is 8.40. The maximum absolute atomic E-state index is 12.1. The second-order valence-electron chi connectivity index (χ2n) is 4.50. The van der Waals surface area contributed by atoms with Gasteiger partial charge in [-0.25, -0.2) is 0 Å². The lowest BCUT2D eigenvalue weighted by molar-refractivity contribution is 0.0886. The van der Waals surface area contributed by atoms with Gasteiger partial charge in [-0.2, -0.15) is 0 Å². The molecule has 0 aromatic heterocycles. The van der Waals surface area contributed by atoms with Gasteiger partial charge in [-0.15, -0.1) is 0 Å². The Morgan fingerprint density at radius 2 is 2.17 bits per heavy atom. The largest absolute Gasteiger partial charge is 0.396 e. The number of rotatable bonds is 5. The van der Waals surface area contributed by atoms with E-state index in [1.807, 2.05) is 13.8 Å². The molecule has 5 heteroatoms. The van der Waals surface area contributed by atoms with Crippen molar-refractivity contribution in [3.05, 3.63) is 33.3 Å². The molecule has 1 rings (SSSR count). The summed E-state index contributed by atoms with van der Waals surface area (Å²) in [5.41, 5.74) is 0.104. The molecule has 0 aliphatic carbocycles. The summed E-state index contributed by atoms with van der Waals surface area (Å²) in [6, 6.07) is 5.07. The van der Waals surface area contributed by atoms with Crippen LogP contribution in [0.1, 0.15) is 37.0 Å². The zero-order valence-corrected chi connectivity index (χ0v) is 12.8. The fraction of sp³-hybridized carbons (Fsp3) is 0.462. The van der Waals surface area contributed by atoms with Gasteiger partial charge in [0.1, 0.15) is 0 Å². The molecule has 0 aliphatic rings. The van der Waals surface area contributed by atoms with Gasteiger partial charge < -0.3 is 10.4 Å². The fourth-order valence-electron chi connectivity index (χ4n) is 1.61. The van der Waals surface area contributed by atoms with E-state index in [2.05, 4.69) is 21.2 Å². The van der Waals surface area contributed by atoms with Gasteiger partial charge >= 0.3 is 0 Å². The first-order valence-electron chi connectivity index (χ1n) is 5.79. The van der Waals surface area contributed by atoms with Crippen molar-refractivity contribution < 1.29 is 9.90 Å². The topological polar surface area (TPSA) is 49.3 Å². The van der Waals surface area contributed by atoms with Crippen molar-refractivity contribution in [1.29, 1.82) is 0 Å². The number of benzene rings is 1. The number of amides is 1. The molecular weight excluding hydrogens is 318 g/mol. The number of carbonyl (C=O) groups excluding carboxylic acids is 1. The number of carbonyl (C=O) groups is 1. The predicted molar refractivity (Wildman–Crippen MR) is 77.0 cm³/mol. The van der Waals surface area contributed by atoms with E-state index in [0.29, 0.717) is 17.0 Å². The molecule has 1 unspecified atom stereocenters. The first-order valence-corrected chi connectivity index (χ1v) is 6.97. The molecule has 0 fully saturated rings. The van der Waals surface area contributed by atoms with Crippen LogP contribution in [0.15, 0.2) is 22.7 Å². The van der Waals surface area contributed by atoms with E-state index in [4.69, 9.17) is 16.7 Å². The highest BCUT2D eigenvalue weighted by atomic mass is 79.9. The van der Waals surface area contributed by atoms with Crippen LogP contribution in [-0.2, 0) is 0 Å². The Labute approximate surface area is 121 Å².